The second-order valence-corrected chi connectivity index (χ2v) is 6.32. The number of benzene rings is 2. The van der Waals surface area contributed by atoms with Gasteiger partial charge in [-0.15, -0.1) is 0 Å². The molecule has 1 unspecified atom stereocenters. The first kappa shape index (κ1) is 18.2. The quantitative estimate of drug-likeness (QED) is 0.647. The van der Waals surface area contributed by atoms with E-state index in [-0.39, 0.29) is 0 Å². The molecule has 0 aliphatic carbocycles. The van der Waals surface area contributed by atoms with E-state index >= 15 is 0 Å². The molecule has 0 saturated heterocycles. The van der Waals surface area contributed by atoms with Crippen molar-refractivity contribution in [2.75, 3.05) is 20.8 Å². The first-order valence-corrected chi connectivity index (χ1v) is 8.70. The summed E-state index contributed by atoms with van der Waals surface area (Å²) in [6.45, 7) is 3.58. The lowest BCUT2D eigenvalue weighted by Gasteiger charge is -2.15. The van der Waals surface area contributed by atoms with E-state index in [9.17, 15) is 0 Å². The van der Waals surface area contributed by atoms with Gasteiger partial charge in [0.05, 0.1) is 19.4 Å². The Labute approximate surface area is 154 Å². The van der Waals surface area contributed by atoms with Crippen LogP contribution in [-0.2, 0) is 11.3 Å². The molecule has 0 amide bonds. The molecule has 5 nitrogen and oxygen atoms in total. The highest BCUT2D eigenvalue weighted by Gasteiger charge is 2.10. The smallest absolute Gasteiger partial charge is 0.126 e. The van der Waals surface area contributed by atoms with E-state index in [1.807, 2.05) is 12.1 Å². The van der Waals surface area contributed by atoms with Crippen molar-refractivity contribution >= 4 is 0 Å². The molecule has 0 aliphatic rings. The van der Waals surface area contributed by atoms with Crippen LogP contribution in [0.3, 0.4) is 0 Å². The van der Waals surface area contributed by atoms with Crippen LogP contribution in [-0.4, -0.2) is 37.1 Å². The molecule has 0 spiro atoms. The highest BCUT2D eigenvalue weighted by molar-refractivity contribution is 5.75. The molecular formula is C21H25N3O2. The maximum atomic E-state index is 5.59. The second kappa shape index (κ2) is 8.65. The molecule has 5 heteroatoms. The largest absolute Gasteiger partial charge is 0.496 e. The van der Waals surface area contributed by atoms with Gasteiger partial charge < -0.3 is 14.8 Å². The Morgan fingerprint density at radius 3 is 2.65 bits per heavy atom. The summed E-state index contributed by atoms with van der Waals surface area (Å²) < 4.78 is 10.8. The van der Waals surface area contributed by atoms with Crippen LogP contribution in [0.2, 0.25) is 0 Å². The first-order valence-electron chi connectivity index (χ1n) is 8.70. The summed E-state index contributed by atoms with van der Waals surface area (Å²) >= 11 is 0. The fourth-order valence-corrected chi connectivity index (χ4v) is 2.96. The number of ether oxygens (including phenoxy) is 2. The summed E-state index contributed by atoms with van der Waals surface area (Å²) in [6.07, 6.45) is 1.76. The Morgan fingerprint density at radius 1 is 1.08 bits per heavy atom. The van der Waals surface area contributed by atoms with E-state index in [1.54, 1.807) is 20.4 Å². The first-order chi connectivity index (χ1) is 12.7. The molecule has 2 N–H and O–H groups in total. The van der Waals surface area contributed by atoms with Crippen LogP contribution in [0.1, 0.15) is 12.5 Å². The predicted octanol–water partition coefficient (Wildman–Crippen LogP) is 3.88. The number of aromatic nitrogens is 2. The third kappa shape index (κ3) is 4.31. The van der Waals surface area contributed by atoms with Crippen molar-refractivity contribution in [2.24, 2.45) is 0 Å². The Balaban J connectivity index is 1.88. The van der Waals surface area contributed by atoms with Crippen molar-refractivity contribution in [1.29, 1.82) is 0 Å². The van der Waals surface area contributed by atoms with Gasteiger partial charge in [0.1, 0.15) is 5.75 Å². The molecule has 2 aromatic carbocycles. The van der Waals surface area contributed by atoms with Gasteiger partial charge in [0.15, 0.2) is 0 Å². The fourth-order valence-electron chi connectivity index (χ4n) is 2.96. The summed E-state index contributed by atoms with van der Waals surface area (Å²) in [7, 11) is 3.42. The van der Waals surface area contributed by atoms with E-state index in [4.69, 9.17) is 9.47 Å². The van der Waals surface area contributed by atoms with Gasteiger partial charge >= 0.3 is 0 Å². The number of nitrogens with one attached hydrogen (secondary N) is 2. The zero-order valence-corrected chi connectivity index (χ0v) is 15.5. The lowest BCUT2D eigenvalue weighted by molar-refractivity contribution is 0.171. The van der Waals surface area contributed by atoms with Crippen molar-refractivity contribution in [2.45, 2.75) is 19.5 Å². The summed E-state index contributed by atoms with van der Waals surface area (Å²) in [4.78, 5) is 0. The van der Waals surface area contributed by atoms with E-state index in [0.717, 1.165) is 34.7 Å². The standard InChI is InChI=1S/C21H25N3O2/c1-15(14-25-2)22-13-16-7-8-21(26-3)19(11-16)17-5-4-6-18(12-17)20-9-10-23-24-20/h4-12,15,22H,13-14H2,1-3H3,(H,23,24). The molecule has 3 rings (SSSR count). The summed E-state index contributed by atoms with van der Waals surface area (Å²) in [5, 5.41) is 10.5. The third-order valence-corrected chi connectivity index (χ3v) is 4.32. The maximum absolute atomic E-state index is 5.59. The Hall–Kier alpha value is -2.63. The highest BCUT2D eigenvalue weighted by atomic mass is 16.5. The van der Waals surface area contributed by atoms with Gasteiger partial charge in [-0.2, -0.15) is 5.10 Å². The summed E-state index contributed by atoms with van der Waals surface area (Å²) in [5.74, 6) is 0.862. The third-order valence-electron chi connectivity index (χ3n) is 4.32. The molecule has 1 atom stereocenters. The average molecular weight is 351 g/mol. The van der Waals surface area contributed by atoms with Crippen LogP contribution < -0.4 is 10.1 Å². The molecule has 1 aromatic heterocycles. The summed E-state index contributed by atoms with van der Waals surface area (Å²) in [6, 6.07) is 16.9. The van der Waals surface area contributed by atoms with Gasteiger partial charge in [-0.1, -0.05) is 24.3 Å². The Morgan fingerprint density at radius 2 is 1.92 bits per heavy atom. The van der Waals surface area contributed by atoms with E-state index < -0.39 is 0 Å². The van der Waals surface area contributed by atoms with Gasteiger partial charge in [0.25, 0.3) is 0 Å². The van der Waals surface area contributed by atoms with Crippen LogP contribution in [0.5, 0.6) is 5.75 Å². The molecule has 26 heavy (non-hydrogen) atoms. The molecule has 0 bridgehead atoms. The van der Waals surface area contributed by atoms with Gasteiger partial charge in [-0.05, 0) is 42.3 Å². The molecule has 3 aromatic rings. The number of aromatic amines is 1. The van der Waals surface area contributed by atoms with Crippen molar-refractivity contribution in [1.82, 2.24) is 15.5 Å². The number of H-pyrrole nitrogens is 1. The number of nitrogens with zero attached hydrogens (tertiary/aromatic N) is 1. The number of rotatable bonds is 8. The van der Waals surface area contributed by atoms with Crippen molar-refractivity contribution in [3.8, 4) is 28.1 Å². The van der Waals surface area contributed by atoms with Crippen LogP contribution in [0, 0.1) is 0 Å². The lowest BCUT2D eigenvalue weighted by atomic mass is 9.99. The number of hydrogen-bond donors (Lipinski definition) is 2. The van der Waals surface area contributed by atoms with Crippen LogP contribution >= 0.6 is 0 Å². The van der Waals surface area contributed by atoms with E-state index in [2.05, 4.69) is 58.8 Å². The van der Waals surface area contributed by atoms with Crippen molar-refractivity contribution in [3.05, 3.63) is 60.3 Å². The number of hydrogen-bond acceptors (Lipinski definition) is 4. The molecule has 0 aliphatic heterocycles. The normalized spacial score (nSPS) is 12.1. The molecule has 0 saturated carbocycles. The minimum Gasteiger partial charge on any atom is -0.496 e. The predicted molar refractivity (Wildman–Crippen MR) is 104 cm³/mol. The van der Waals surface area contributed by atoms with Gasteiger partial charge in [0.2, 0.25) is 0 Å². The Kier molecular flexibility index (Phi) is 6.04. The van der Waals surface area contributed by atoms with Crippen LogP contribution in [0.25, 0.3) is 22.4 Å². The SMILES string of the molecule is COCC(C)NCc1ccc(OC)c(-c2cccc(-c3ccn[nH]3)c2)c1. The van der Waals surface area contributed by atoms with E-state index in [1.165, 1.54) is 5.56 Å². The number of methoxy groups -OCH3 is 2. The molecular weight excluding hydrogens is 326 g/mol. The van der Waals surface area contributed by atoms with Gasteiger partial charge in [-0.3, -0.25) is 5.10 Å². The van der Waals surface area contributed by atoms with Gasteiger partial charge in [-0.25, -0.2) is 0 Å². The zero-order chi connectivity index (χ0) is 18.4. The topological polar surface area (TPSA) is 59.2 Å². The van der Waals surface area contributed by atoms with Crippen molar-refractivity contribution in [3.63, 3.8) is 0 Å². The monoisotopic (exact) mass is 351 g/mol. The second-order valence-electron chi connectivity index (χ2n) is 6.32. The van der Waals surface area contributed by atoms with Gasteiger partial charge in [0, 0.05) is 37.0 Å². The van der Waals surface area contributed by atoms with Crippen molar-refractivity contribution < 1.29 is 9.47 Å². The maximum Gasteiger partial charge on any atom is 0.126 e. The average Bonchev–Trinajstić information content (AvgIpc) is 3.21. The molecule has 1 heterocycles. The molecule has 0 fully saturated rings. The minimum absolute atomic E-state index is 0.300. The molecule has 0 radical (unpaired) electrons. The minimum atomic E-state index is 0.300. The fraction of sp³-hybridized carbons (Fsp3) is 0.286. The zero-order valence-electron chi connectivity index (χ0n) is 15.5. The highest BCUT2D eigenvalue weighted by Crippen LogP contribution is 2.33. The summed E-state index contributed by atoms with van der Waals surface area (Å²) in [5.41, 5.74) is 5.49. The molecule has 136 valence electrons. The Bertz CT molecular complexity index is 831. The van der Waals surface area contributed by atoms with Crippen LogP contribution in [0.4, 0.5) is 0 Å². The van der Waals surface area contributed by atoms with Crippen LogP contribution in [0.15, 0.2) is 54.7 Å². The van der Waals surface area contributed by atoms with E-state index in [0.29, 0.717) is 12.6 Å². The lowest BCUT2D eigenvalue weighted by Crippen LogP contribution is -2.29.